The molecule has 1 rings (SSSR count). The zero-order valence-electron chi connectivity index (χ0n) is 11.3. The fraction of sp³-hybridized carbons (Fsp3) is 0.923. The topological polar surface area (TPSA) is 58.4 Å². The third-order valence-electron chi connectivity index (χ3n) is 3.93. The Labute approximate surface area is 105 Å². The summed E-state index contributed by atoms with van der Waals surface area (Å²) in [6.45, 7) is 3.95. The van der Waals surface area contributed by atoms with Gasteiger partial charge in [-0.3, -0.25) is 9.69 Å². The predicted octanol–water partition coefficient (Wildman–Crippen LogP) is 1.11. The van der Waals surface area contributed by atoms with E-state index in [-0.39, 0.29) is 11.4 Å². The number of likely N-dealkylation sites (N-methyl/N-ethyl adjacent to an activating group) is 1. The van der Waals surface area contributed by atoms with E-state index in [9.17, 15) is 4.79 Å². The van der Waals surface area contributed by atoms with Gasteiger partial charge >= 0.3 is 0 Å². The lowest BCUT2D eigenvalue weighted by atomic mass is 9.80. The van der Waals surface area contributed by atoms with Crippen LogP contribution in [0.3, 0.4) is 0 Å². The molecular weight excluding hydrogens is 214 g/mol. The van der Waals surface area contributed by atoms with Crippen molar-refractivity contribution >= 4 is 5.91 Å². The van der Waals surface area contributed by atoms with Gasteiger partial charge in [0.15, 0.2) is 0 Å². The number of carbonyl (C=O) groups excluding carboxylic acids is 1. The Balaban J connectivity index is 2.48. The Morgan fingerprint density at radius 1 is 1.35 bits per heavy atom. The molecule has 0 heterocycles. The standard InChI is InChI=1S/C13H27N3O/c1-3-9-15-12(17)10-16(2)13(11-14)7-5-4-6-8-13/h3-11,14H2,1-2H3,(H,15,17). The van der Waals surface area contributed by atoms with E-state index in [1.54, 1.807) is 0 Å². The van der Waals surface area contributed by atoms with Crippen LogP contribution in [0.4, 0.5) is 0 Å². The molecule has 1 saturated carbocycles. The van der Waals surface area contributed by atoms with Crippen molar-refractivity contribution in [1.29, 1.82) is 0 Å². The van der Waals surface area contributed by atoms with Crippen molar-refractivity contribution in [1.82, 2.24) is 10.2 Å². The van der Waals surface area contributed by atoms with Crippen LogP contribution in [0.5, 0.6) is 0 Å². The second-order valence-corrected chi connectivity index (χ2v) is 5.20. The van der Waals surface area contributed by atoms with E-state index < -0.39 is 0 Å². The molecule has 0 bridgehead atoms. The monoisotopic (exact) mass is 241 g/mol. The second-order valence-electron chi connectivity index (χ2n) is 5.20. The van der Waals surface area contributed by atoms with E-state index in [1.165, 1.54) is 19.3 Å². The van der Waals surface area contributed by atoms with E-state index in [2.05, 4.69) is 17.1 Å². The molecule has 0 atom stereocenters. The first-order valence-electron chi connectivity index (χ1n) is 6.82. The molecule has 17 heavy (non-hydrogen) atoms. The molecule has 1 amide bonds. The Morgan fingerprint density at radius 3 is 2.53 bits per heavy atom. The first-order valence-corrected chi connectivity index (χ1v) is 6.82. The molecule has 0 aliphatic heterocycles. The quantitative estimate of drug-likeness (QED) is 0.732. The first kappa shape index (κ1) is 14.5. The highest BCUT2D eigenvalue weighted by molar-refractivity contribution is 5.78. The van der Waals surface area contributed by atoms with E-state index in [0.29, 0.717) is 13.1 Å². The zero-order chi connectivity index (χ0) is 12.7. The third-order valence-corrected chi connectivity index (χ3v) is 3.93. The lowest BCUT2D eigenvalue weighted by molar-refractivity contribution is -0.123. The number of rotatable bonds is 6. The molecule has 0 aromatic carbocycles. The molecule has 0 aromatic rings. The van der Waals surface area contributed by atoms with E-state index in [1.807, 2.05) is 7.05 Å². The third kappa shape index (κ3) is 3.96. The highest BCUT2D eigenvalue weighted by Gasteiger charge is 2.35. The van der Waals surface area contributed by atoms with Gasteiger partial charge in [-0.05, 0) is 26.3 Å². The molecule has 3 N–H and O–H groups in total. The number of nitrogens with two attached hydrogens (primary N) is 1. The van der Waals surface area contributed by atoms with Crippen LogP contribution in [0.25, 0.3) is 0 Å². The van der Waals surface area contributed by atoms with Gasteiger partial charge in [0.1, 0.15) is 0 Å². The lowest BCUT2D eigenvalue weighted by Crippen LogP contribution is -2.55. The highest BCUT2D eigenvalue weighted by atomic mass is 16.2. The molecule has 1 aliphatic carbocycles. The van der Waals surface area contributed by atoms with Crippen LogP contribution < -0.4 is 11.1 Å². The van der Waals surface area contributed by atoms with Crippen molar-refractivity contribution in [2.45, 2.75) is 51.0 Å². The van der Waals surface area contributed by atoms with Crippen LogP contribution in [0.15, 0.2) is 0 Å². The fourth-order valence-electron chi connectivity index (χ4n) is 2.66. The minimum absolute atomic E-state index is 0.0573. The average molecular weight is 241 g/mol. The molecule has 4 nitrogen and oxygen atoms in total. The number of nitrogens with zero attached hydrogens (tertiary/aromatic N) is 1. The van der Waals surface area contributed by atoms with Crippen LogP contribution in [-0.2, 0) is 4.79 Å². The van der Waals surface area contributed by atoms with Crippen molar-refractivity contribution in [3.8, 4) is 0 Å². The van der Waals surface area contributed by atoms with E-state index in [0.717, 1.165) is 25.8 Å². The SMILES string of the molecule is CCCNC(=O)CN(C)C1(CN)CCCCC1. The van der Waals surface area contributed by atoms with Gasteiger partial charge in [0, 0.05) is 18.6 Å². The van der Waals surface area contributed by atoms with Gasteiger partial charge in [0.25, 0.3) is 0 Å². The Bertz CT molecular complexity index is 237. The van der Waals surface area contributed by atoms with Crippen LogP contribution in [0.1, 0.15) is 45.4 Å². The molecule has 100 valence electrons. The van der Waals surface area contributed by atoms with Crippen LogP contribution in [0, 0.1) is 0 Å². The molecule has 0 saturated heterocycles. The predicted molar refractivity (Wildman–Crippen MR) is 70.8 cm³/mol. The highest BCUT2D eigenvalue weighted by Crippen LogP contribution is 2.31. The van der Waals surface area contributed by atoms with Crippen LogP contribution >= 0.6 is 0 Å². The van der Waals surface area contributed by atoms with Gasteiger partial charge in [0.05, 0.1) is 6.54 Å². The van der Waals surface area contributed by atoms with Crippen molar-refractivity contribution in [3.63, 3.8) is 0 Å². The average Bonchev–Trinajstić information content (AvgIpc) is 2.37. The molecule has 1 fully saturated rings. The maximum atomic E-state index is 11.7. The summed E-state index contributed by atoms with van der Waals surface area (Å²) in [5, 5.41) is 2.92. The minimum atomic E-state index is 0.0573. The summed E-state index contributed by atoms with van der Waals surface area (Å²) < 4.78 is 0. The minimum Gasteiger partial charge on any atom is -0.355 e. The smallest absolute Gasteiger partial charge is 0.234 e. The number of hydrogen-bond acceptors (Lipinski definition) is 3. The number of carbonyl (C=O) groups is 1. The molecule has 0 aromatic heterocycles. The van der Waals surface area contributed by atoms with Gasteiger partial charge in [-0.15, -0.1) is 0 Å². The maximum absolute atomic E-state index is 11.7. The van der Waals surface area contributed by atoms with Gasteiger partial charge in [-0.25, -0.2) is 0 Å². The molecule has 0 unspecified atom stereocenters. The summed E-state index contributed by atoms with van der Waals surface area (Å²) >= 11 is 0. The molecular formula is C13H27N3O. The van der Waals surface area contributed by atoms with Gasteiger partial charge in [-0.1, -0.05) is 26.2 Å². The first-order chi connectivity index (χ1) is 8.14. The largest absolute Gasteiger partial charge is 0.355 e. The van der Waals surface area contributed by atoms with E-state index in [4.69, 9.17) is 5.73 Å². The summed E-state index contributed by atoms with van der Waals surface area (Å²) in [6.07, 6.45) is 7.01. The number of hydrogen-bond donors (Lipinski definition) is 2. The van der Waals surface area contributed by atoms with Gasteiger partial charge in [-0.2, -0.15) is 0 Å². The molecule has 0 spiro atoms. The fourth-order valence-corrected chi connectivity index (χ4v) is 2.66. The van der Waals surface area contributed by atoms with Crippen LogP contribution in [0.2, 0.25) is 0 Å². The lowest BCUT2D eigenvalue weighted by Gasteiger charge is -2.43. The summed E-state index contributed by atoms with van der Waals surface area (Å²) in [5.74, 6) is 0.118. The maximum Gasteiger partial charge on any atom is 0.234 e. The summed E-state index contributed by atoms with van der Waals surface area (Å²) in [6, 6.07) is 0. The molecule has 0 radical (unpaired) electrons. The number of nitrogens with one attached hydrogen (secondary N) is 1. The summed E-state index contributed by atoms with van der Waals surface area (Å²) in [5.41, 5.74) is 6.00. The van der Waals surface area contributed by atoms with Crippen LogP contribution in [-0.4, -0.2) is 43.0 Å². The van der Waals surface area contributed by atoms with Crippen molar-refractivity contribution < 1.29 is 4.79 Å². The Hall–Kier alpha value is -0.610. The van der Waals surface area contributed by atoms with Crippen molar-refractivity contribution in [3.05, 3.63) is 0 Å². The molecule has 1 aliphatic rings. The Morgan fingerprint density at radius 2 is 2.00 bits per heavy atom. The second kappa shape index (κ2) is 6.97. The zero-order valence-corrected chi connectivity index (χ0v) is 11.3. The van der Waals surface area contributed by atoms with Gasteiger partial charge in [0.2, 0.25) is 5.91 Å². The van der Waals surface area contributed by atoms with Gasteiger partial charge < -0.3 is 11.1 Å². The number of amides is 1. The normalized spacial score (nSPS) is 19.3. The van der Waals surface area contributed by atoms with E-state index >= 15 is 0 Å². The van der Waals surface area contributed by atoms with Crippen molar-refractivity contribution in [2.75, 3.05) is 26.7 Å². The Kier molecular flexibility index (Phi) is 5.92. The summed E-state index contributed by atoms with van der Waals surface area (Å²) in [4.78, 5) is 13.9. The van der Waals surface area contributed by atoms with Crippen molar-refractivity contribution in [2.24, 2.45) is 5.73 Å². The summed E-state index contributed by atoms with van der Waals surface area (Å²) in [7, 11) is 2.03. The molecule has 4 heteroatoms.